The molecule has 0 aliphatic rings. The Morgan fingerprint density at radius 3 is 3.00 bits per heavy atom. The molecule has 1 heterocycles. The number of benzene rings is 1. The summed E-state index contributed by atoms with van der Waals surface area (Å²) in [6.45, 7) is 0. The monoisotopic (exact) mass is 251 g/mol. The highest BCUT2D eigenvalue weighted by Gasteiger charge is 2.05. The van der Waals surface area contributed by atoms with Gasteiger partial charge in [-0.2, -0.15) is 5.10 Å². The molecule has 2 rings (SSSR count). The number of hydrogen-bond donors (Lipinski definition) is 2. The molecule has 0 bridgehead atoms. The molecule has 1 aromatic heterocycles. The lowest BCUT2D eigenvalue weighted by molar-refractivity contribution is 1.10. The number of rotatable bonds is 2. The number of nitrogens with two attached hydrogens (primary N) is 1. The zero-order valence-electron chi connectivity index (χ0n) is 7.50. The maximum atomic E-state index is 5.71. The highest BCUT2D eigenvalue weighted by molar-refractivity contribution is 9.08. The second kappa shape index (κ2) is 3.84. The number of anilines is 1. The van der Waals surface area contributed by atoms with Gasteiger partial charge in [0, 0.05) is 22.1 Å². The van der Waals surface area contributed by atoms with Crippen LogP contribution in [-0.4, -0.2) is 10.2 Å². The number of H-pyrrole nitrogens is 1. The molecule has 0 radical (unpaired) electrons. The number of hydrogen-bond acceptors (Lipinski definition) is 2. The topological polar surface area (TPSA) is 54.7 Å². The molecule has 0 spiro atoms. The van der Waals surface area contributed by atoms with Crippen LogP contribution in [0.15, 0.2) is 30.5 Å². The normalized spacial score (nSPS) is 10.4. The van der Waals surface area contributed by atoms with Crippen LogP contribution in [0.2, 0.25) is 0 Å². The van der Waals surface area contributed by atoms with Crippen molar-refractivity contribution in [2.24, 2.45) is 0 Å². The van der Waals surface area contributed by atoms with Crippen LogP contribution in [0.1, 0.15) is 5.56 Å². The molecule has 3 N–H and O–H groups in total. The van der Waals surface area contributed by atoms with Crippen molar-refractivity contribution in [2.75, 3.05) is 5.73 Å². The van der Waals surface area contributed by atoms with E-state index in [0.29, 0.717) is 0 Å². The van der Waals surface area contributed by atoms with Gasteiger partial charge >= 0.3 is 0 Å². The fourth-order valence-electron chi connectivity index (χ4n) is 1.36. The lowest BCUT2D eigenvalue weighted by Gasteiger charge is -2.01. The molecule has 0 unspecified atom stereocenters. The largest absolute Gasteiger partial charge is 0.399 e. The van der Waals surface area contributed by atoms with Crippen molar-refractivity contribution in [1.29, 1.82) is 0 Å². The molecule has 3 nitrogen and oxygen atoms in total. The van der Waals surface area contributed by atoms with Gasteiger partial charge in [0.1, 0.15) is 0 Å². The summed E-state index contributed by atoms with van der Waals surface area (Å²) >= 11 is 3.41. The molecule has 0 atom stereocenters. The third-order valence-electron chi connectivity index (χ3n) is 2.04. The van der Waals surface area contributed by atoms with Gasteiger partial charge < -0.3 is 5.73 Å². The molecule has 0 saturated heterocycles. The minimum Gasteiger partial charge on any atom is -0.399 e. The predicted octanol–water partition coefficient (Wildman–Crippen LogP) is 2.55. The summed E-state index contributed by atoms with van der Waals surface area (Å²) in [7, 11) is 0. The highest BCUT2D eigenvalue weighted by atomic mass is 79.9. The van der Waals surface area contributed by atoms with E-state index in [-0.39, 0.29) is 0 Å². The second-order valence-corrected chi connectivity index (χ2v) is 3.59. The van der Waals surface area contributed by atoms with E-state index >= 15 is 0 Å². The van der Waals surface area contributed by atoms with Crippen LogP contribution in [0.4, 0.5) is 5.69 Å². The van der Waals surface area contributed by atoms with Crippen molar-refractivity contribution >= 4 is 21.6 Å². The summed E-state index contributed by atoms with van der Waals surface area (Å²) in [6, 6.07) is 7.74. The van der Waals surface area contributed by atoms with Crippen LogP contribution in [0.5, 0.6) is 0 Å². The number of aromatic nitrogens is 2. The van der Waals surface area contributed by atoms with Gasteiger partial charge in [-0.1, -0.05) is 28.1 Å². The Morgan fingerprint density at radius 1 is 1.43 bits per heavy atom. The van der Waals surface area contributed by atoms with E-state index in [9.17, 15) is 0 Å². The van der Waals surface area contributed by atoms with Crippen LogP contribution in [0, 0.1) is 0 Å². The van der Waals surface area contributed by atoms with Crippen LogP contribution in [-0.2, 0) is 5.33 Å². The Hall–Kier alpha value is -1.29. The van der Waals surface area contributed by atoms with E-state index in [1.165, 1.54) is 0 Å². The maximum absolute atomic E-state index is 5.71. The average Bonchev–Trinajstić information content (AvgIpc) is 2.65. The summed E-state index contributed by atoms with van der Waals surface area (Å²) < 4.78 is 0. The Labute approximate surface area is 90.5 Å². The number of nitrogen functional groups attached to an aromatic ring is 1. The van der Waals surface area contributed by atoms with Gasteiger partial charge in [0.2, 0.25) is 0 Å². The molecule has 1 aromatic carbocycles. The number of nitrogens with one attached hydrogen (secondary N) is 1. The van der Waals surface area contributed by atoms with E-state index in [1.807, 2.05) is 30.5 Å². The molecule has 4 heteroatoms. The Morgan fingerprint density at radius 2 is 2.29 bits per heavy atom. The first kappa shape index (κ1) is 9.27. The van der Waals surface area contributed by atoms with Crippen molar-refractivity contribution in [2.45, 2.75) is 5.33 Å². The van der Waals surface area contributed by atoms with Gasteiger partial charge in [-0.15, -0.1) is 0 Å². The van der Waals surface area contributed by atoms with E-state index in [1.54, 1.807) is 0 Å². The van der Waals surface area contributed by atoms with Gasteiger partial charge in [-0.05, 0) is 12.1 Å². The average molecular weight is 252 g/mol. The molecule has 2 aromatic rings. The number of halogens is 1. The number of nitrogens with zero attached hydrogens (tertiary/aromatic N) is 1. The molecule has 14 heavy (non-hydrogen) atoms. The molecular formula is C10H10BrN3. The summed E-state index contributed by atoms with van der Waals surface area (Å²) in [5, 5.41) is 7.75. The van der Waals surface area contributed by atoms with Gasteiger partial charge in [-0.25, -0.2) is 0 Å². The molecule has 72 valence electrons. The molecule has 0 aliphatic carbocycles. The van der Waals surface area contributed by atoms with Crippen LogP contribution < -0.4 is 5.73 Å². The fourth-order valence-corrected chi connectivity index (χ4v) is 1.78. The second-order valence-electron chi connectivity index (χ2n) is 3.03. The zero-order valence-corrected chi connectivity index (χ0v) is 9.08. The molecule has 0 fully saturated rings. The quantitative estimate of drug-likeness (QED) is 0.637. The smallest absolute Gasteiger partial charge is 0.0691 e. The van der Waals surface area contributed by atoms with Crippen LogP contribution >= 0.6 is 15.9 Å². The standard InChI is InChI=1S/C10H10BrN3/c11-5-8-6-13-14-10(8)7-2-1-3-9(12)4-7/h1-4,6H,5,12H2,(H,13,14). The molecule has 0 amide bonds. The fraction of sp³-hybridized carbons (Fsp3) is 0.100. The van der Waals surface area contributed by atoms with Crippen molar-refractivity contribution in [1.82, 2.24) is 10.2 Å². The molecular weight excluding hydrogens is 242 g/mol. The Balaban J connectivity index is 2.49. The summed E-state index contributed by atoms with van der Waals surface area (Å²) in [4.78, 5) is 0. The van der Waals surface area contributed by atoms with E-state index in [0.717, 1.165) is 27.8 Å². The SMILES string of the molecule is Nc1cccc(-c2[nH]ncc2CBr)c1. The summed E-state index contributed by atoms with van der Waals surface area (Å²) in [5.41, 5.74) is 9.70. The van der Waals surface area contributed by atoms with Crippen molar-refractivity contribution < 1.29 is 0 Å². The first-order chi connectivity index (χ1) is 6.81. The van der Waals surface area contributed by atoms with Crippen molar-refractivity contribution in [3.05, 3.63) is 36.0 Å². The van der Waals surface area contributed by atoms with Gasteiger partial charge in [0.15, 0.2) is 0 Å². The number of alkyl halides is 1. The first-order valence-electron chi connectivity index (χ1n) is 4.25. The Kier molecular flexibility index (Phi) is 2.54. The molecule has 0 aliphatic heterocycles. The first-order valence-corrected chi connectivity index (χ1v) is 5.37. The van der Waals surface area contributed by atoms with Gasteiger partial charge in [0.25, 0.3) is 0 Å². The van der Waals surface area contributed by atoms with E-state index < -0.39 is 0 Å². The predicted molar refractivity (Wildman–Crippen MR) is 61.1 cm³/mol. The lowest BCUT2D eigenvalue weighted by atomic mass is 10.1. The van der Waals surface area contributed by atoms with Gasteiger partial charge in [-0.3, -0.25) is 5.10 Å². The lowest BCUT2D eigenvalue weighted by Crippen LogP contribution is -1.87. The molecule has 0 saturated carbocycles. The van der Waals surface area contributed by atoms with Crippen molar-refractivity contribution in [3.63, 3.8) is 0 Å². The summed E-state index contributed by atoms with van der Waals surface area (Å²) in [5.74, 6) is 0. The zero-order chi connectivity index (χ0) is 9.97. The van der Waals surface area contributed by atoms with E-state index in [2.05, 4.69) is 26.1 Å². The van der Waals surface area contributed by atoms with Crippen LogP contribution in [0.25, 0.3) is 11.3 Å². The Bertz CT molecular complexity index is 436. The summed E-state index contributed by atoms with van der Waals surface area (Å²) in [6.07, 6.45) is 1.81. The van der Waals surface area contributed by atoms with Gasteiger partial charge in [0.05, 0.1) is 11.9 Å². The maximum Gasteiger partial charge on any atom is 0.0691 e. The third kappa shape index (κ3) is 1.65. The van der Waals surface area contributed by atoms with Crippen LogP contribution in [0.3, 0.4) is 0 Å². The van der Waals surface area contributed by atoms with E-state index in [4.69, 9.17) is 5.73 Å². The highest BCUT2D eigenvalue weighted by Crippen LogP contribution is 2.24. The minimum absolute atomic E-state index is 0.762. The number of aromatic amines is 1. The minimum atomic E-state index is 0.762. The van der Waals surface area contributed by atoms with Crippen molar-refractivity contribution in [3.8, 4) is 11.3 Å². The third-order valence-corrected chi connectivity index (χ3v) is 2.64.